The van der Waals surface area contributed by atoms with Gasteiger partial charge in [0.25, 0.3) is 5.91 Å². The number of benzene rings is 2. The predicted molar refractivity (Wildman–Crippen MR) is 144 cm³/mol. The van der Waals surface area contributed by atoms with Gasteiger partial charge in [0.1, 0.15) is 17.4 Å². The summed E-state index contributed by atoms with van der Waals surface area (Å²) in [5.74, 6) is -1.21. The van der Waals surface area contributed by atoms with Crippen molar-refractivity contribution in [3.05, 3.63) is 57.9 Å². The molecule has 1 fully saturated rings. The van der Waals surface area contributed by atoms with Gasteiger partial charge in [0.15, 0.2) is 23.6 Å². The highest BCUT2D eigenvalue weighted by molar-refractivity contribution is 6.58. The Morgan fingerprint density at radius 2 is 1.78 bits per heavy atom. The van der Waals surface area contributed by atoms with Gasteiger partial charge in [-0.2, -0.15) is 0 Å². The maximum Gasteiger partial charge on any atom is 0.488 e. The van der Waals surface area contributed by atoms with Crippen LogP contribution in [0.25, 0.3) is 11.0 Å². The fourth-order valence-electron chi connectivity index (χ4n) is 4.67. The van der Waals surface area contributed by atoms with E-state index in [4.69, 9.17) is 29.1 Å². The Morgan fingerprint density at radius 3 is 2.37 bits per heavy atom. The van der Waals surface area contributed by atoms with Gasteiger partial charge in [0.05, 0.1) is 11.0 Å². The molecule has 0 saturated carbocycles. The Morgan fingerprint density at radius 1 is 1.12 bits per heavy atom. The van der Waals surface area contributed by atoms with E-state index in [1.165, 1.54) is 50.4 Å². The number of hydrogen-bond acceptors (Lipinski definition) is 12. The Hall–Kier alpha value is -4.15. The summed E-state index contributed by atoms with van der Waals surface area (Å²) in [5, 5.41) is 42.5. The van der Waals surface area contributed by atoms with Crippen LogP contribution in [0.4, 0.5) is 10.5 Å². The van der Waals surface area contributed by atoms with Gasteiger partial charge in [-0.3, -0.25) is 4.79 Å². The highest BCUT2D eigenvalue weighted by Gasteiger charge is 2.53. The van der Waals surface area contributed by atoms with Crippen LogP contribution in [0.2, 0.25) is 0 Å². The SMILES string of the molecule is CO[C@@H]1[C@@H](OC(N)=O)[C@@H](O)[C@H](Oc2ccc3c(O)c(NC(=O)c4ccc(B(O)O)cc4)c(=O)oc3c2C)OC1(C)C. The van der Waals surface area contributed by atoms with Crippen LogP contribution < -0.4 is 26.9 Å². The number of aliphatic hydroxyl groups is 1. The smallest absolute Gasteiger partial charge is 0.488 e. The Balaban J connectivity index is 1.63. The molecular weight excluding hydrogens is 543 g/mol. The second-order valence-electron chi connectivity index (χ2n) is 9.88. The number of ether oxygens (including phenoxy) is 4. The second-order valence-corrected chi connectivity index (χ2v) is 9.88. The molecule has 3 aromatic rings. The number of anilines is 1. The minimum atomic E-state index is -1.72. The highest BCUT2D eigenvalue weighted by Crippen LogP contribution is 2.38. The van der Waals surface area contributed by atoms with Gasteiger partial charge in [-0.05, 0) is 50.5 Å². The zero-order valence-corrected chi connectivity index (χ0v) is 22.5. The van der Waals surface area contributed by atoms with E-state index in [0.29, 0.717) is 0 Å². The van der Waals surface area contributed by atoms with Gasteiger partial charge in [-0.15, -0.1) is 0 Å². The number of carbonyl (C=O) groups is 2. The highest BCUT2D eigenvalue weighted by atomic mass is 16.7. The molecule has 1 aliphatic heterocycles. The predicted octanol–water partition coefficient (Wildman–Crippen LogP) is 0.0926. The van der Waals surface area contributed by atoms with Crippen molar-refractivity contribution < 1.29 is 53.2 Å². The molecule has 2 heterocycles. The summed E-state index contributed by atoms with van der Waals surface area (Å²) < 4.78 is 27.7. The number of aryl methyl sites for hydroxylation is 1. The number of amides is 2. The topological polar surface area (TPSA) is 220 Å². The number of nitrogens with two attached hydrogens (primary N) is 1. The summed E-state index contributed by atoms with van der Waals surface area (Å²) >= 11 is 0. The summed E-state index contributed by atoms with van der Waals surface area (Å²) in [4.78, 5) is 36.9. The summed E-state index contributed by atoms with van der Waals surface area (Å²) in [6, 6.07) is 8.07. The molecule has 0 spiro atoms. The standard InChI is InChI=1S/C26H29BN2O12/c1-11-15(38-24-18(31)20(40-25(28)34)21(37-4)26(2,3)41-24)10-9-14-17(30)16(23(33)39-19(11)14)29-22(32)12-5-7-13(8-6-12)27(35)36/h5-10,18,20-21,24,30-31,35-36H,1-4H3,(H2,28,34)(H,29,32)/t18-,20+,21-,24-/m1/s1. The molecule has 15 heteroatoms. The van der Waals surface area contributed by atoms with Crippen LogP contribution in [0.1, 0.15) is 29.8 Å². The van der Waals surface area contributed by atoms with Crippen molar-refractivity contribution in [3.63, 3.8) is 0 Å². The van der Waals surface area contributed by atoms with Gasteiger partial charge < -0.3 is 54.7 Å². The first-order valence-corrected chi connectivity index (χ1v) is 12.3. The van der Waals surface area contributed by atoms with Gasteiger partial charge >= 0.3 is 18.8 Å². The molecular formula is C26H29BN2O12. The average Bonchev–Trinajstić information content (AvgIpc) is 2.90. The maximum absolute atomic E-state index is 12.8. The van der Waals surface area contributed by atoms with Crippen LogP contribution in [-0.4, -0.2) is 76.7 Å². The average molecular weight is 572 g/mol. The molecule has 4 atom stereocenters. The number of fused-ring (bicyclic) bond motifs is 1. The van der Waals surface area contributed by atoms with Gasteiger partial charge in [-0.25, -0.2) is 9.59 Å². The van der Waals surface area contributed by atoms with E-state index in [9.17, 15) is 34.6 Å². The third-order valence-corrected chi connectivity index (χ3v) is 6.72. The fourth-order valence-corrected chi connectivity index (χ4v) is 4.67. The number of rotatable bonds is 7. The number of hydrogen-bond donors (Lipinski definition) is 6. The largest absolute Gasteiger partial charge is 0.505 e. The molecule has 41 heavy (non-hydrogen) atoms. The zero-order chi connectivity index (χ0) is 30.2. The molecule has 2 amide bonds. The van der Waals surface area contributed by atoms with Crippen molar-refractivity contribution >= 4 is 41.2 Å². The summed E-state index contributed by atoms with van der Waals surface area (Å²) in [6.45, 7) is 4.82. The molecule has 2 aromatic carbocycles. The third kappa shape index (κ3) is 5.84. The van der Waals surface area contributed by atoms with Crippen molar-refractivity contribution in [2.75, 3.05) is 12.4 Å². The Labute approximate surface area is 233 Å². The molecule has 1 aliphatic rings. The van der Waals surface area contributed by atoms with Gasteiger partial charge in [0.2, 0.25) is 6.29 Å². The van der Waals surface area contributed by atoms with Crippen molar-refractivity contribution in [1.29, 1.82) is 0 Å². The molecule has 7 N–H and O–H groups in total. The lowest BCUT2D eigenvalue weighted by molar-refractivity contribution is -0.304. The number of methoxy groups -OCH3 is 1. The quantitative estimate of drug-likeness (QED) is 0.164. The van der Waals surface area contributed by atoms with Crippen LogP contribution in [0.15, 0.2) is 45.6 Å². The molecule has 4 rings (SSSR count). The van der Waals surface area contributed by atoms with Gasteiger partial charge in [-0.1, -0.05) is 12.1 Å². The number of nitrogens with one attached hydrogen (secondary N) is 1. The number of primary amides is 1. The minimum Gasteiger partial charge on any atom is -0.505 e. The van der Waals surface area contributed by atoms with Crippen LogP contribution in [0.5, 0.6) is 11.5 Å². The van der Waals surface area contributed by atoms with Crippen molar-refractivity contribution in [2.45, 2.75) is 51.0 Å². The summed E-state index contributed by atoms with van der Waals surface area (Å²) in [5.41, 5.74) is 2.94. The Bertz CT molecular complexity index is 1520. The molecule has 0 bridgehead atoms. The molecule has 218 valence electrons. The van der Waals surface area contributed by atoms with E-state index < -0.39 is 66.4 Å². The lowest BCUT2D eigenvalue weighted by atomic mass is 9.80. The van der Waals surface area contributed by atoms with E-state index in [1.54, 1.807) is 13.8 Å². The zero-order valence-electron chi connectivity index (χ0n) is 22.5. The molecule has 0 unspecified atom stereocenters. The number of aromatic hydroxyl groups is 1. The third-order valence-electron chi connectivity index (χ3n) is 6.72. The molecule has 1 saturated heterocycles. The van der Waals surface area contributed by atoms with E-state index in [1.807, 2.05) is 0 Å². The first-order valence-electron chi connectivity index (χ1n) is 12.3. The first-order chi connectivity index (χ1) is 19.2. The van der Waals surface area contributed by atoms with Crippen LogP contribution >= 0.6 is 0 Å². The molecule has 14 nitrogen and oxygen atoms in total. The molecule has 0 aliphatic carbocycles. The first kappa shape index (κ1) is 29.8. The summed E-state index contributed by atoms with van der Waals surface area (Å²) in [6.07, 6.45) is -6.14. The van der Waals surface area contributed by atoms with Crippen LogP contribution in [0, 0.1) is 6.92 Å². The number of aliphatic hydroxyl groups excluding tert-OH is 1. The summed E-state index contributed by atoms with van der Waals surface area (Å²) in [7, 11) is -0.356. The van der Waals surface area contributed by atoms with Crippen molar-refractivity contribution in [3.8, 4) is 11.5 Å². The maximum atomic E-state index is 12.8. The van der Waals surface area contributed by atoms with Crippen molar-refractivity contribution in [2.24, 2.45) is 5.73 Å². The van der Waals surface area contributed by atoms with E-state index in [2.05, 4.69) is 5.32 Å². The Kier molecular flexibility index (Phi) is 8.28. The van der Waals surface area contributed by atoms with Crippen LogP contribution in [-0.2, 0) is 14.2 Å². The van der Waals surface area contributed by atoms with Gasteiger partial charge in [0, 0.05) is 18.2 Å². The van der Waals surface area contributed by atoms with Crippen LogP contribution in [0.3, 0.4) is 0 Å². The second kappa shape index (κ2) is 11.4. The monoisotopic (exact) mass is 572 g/mol. The number of carbonyl (C=O) groups excluding carboxylic acids is 2. The fraction of sp³-hybridized carbons (Fsp3) is 0.346. The molecule has 1 aromatic heterocycles. The normalized spacial score (nSPS) is 21.7. The lowest BCUT2D eigenvalue weighted by Crippen LogP contribution is -2.65. The minimum absolute atomic E-state index is 0.0615. The molecule has 0 radical (unpaired) electrons. The van der Waals surface area contributed by atoms with E-state index in [0.717, 1.165) is 0 Å². The van der Waals surface area contributed by atoms with Crippen molar-refractivity contribution in [1.82, 2.24) is 0 Å². The lowest BCUT2D eigenvalue weighted by Gasteiger charge is -2.47. The van der Waals surface area contributed by atoms with E-state index >= 15 is 0 Å². The van der Waals surface area contributed by atoms with E-state index in [-0.39, 0.29) is 33.3 Å².